The van der Waals surface area contributed by atoms with Gasteiger partial charge in [-0.1, -0.05) is 0 Å². The molecule has 1 saturated heterocycles. The Kier molecular flexibility index (Phi) is 3.81. The largest absolute Gasteiger partial charge is 0.370 e. The molecule has 2 aliphatic rings. The Hall–Kier alpha value is -1.99. The first-order valence-electron chi connectivity index (χ1n) is 9.66. The Morgan fingerprint density at radius 1 is 1.15 bits per heavy atom. The average Bonchev–Trinajstić information content (AvgIpc) is 3.32. The van der Waals surface area contributed by atoms with Crippen LogP contribution in [0.1, 0.15) is 48.5 Å². The fraction of sp³-hybridized carbons (Fsp3) is 0.550. The van der Waals surface area contributed by atoms with E-state index in [4.69, 9.17) is 14.7 Å². The van der Waals surface area contributed by atoms with Crippen LogP contribution in [-0.2, 0) is 17.8 Å². The maximum absolute atomic E-state index is 6.06. The van der Waals surface area contributed by atoms with Gasteiger partial charge in [-0.25, -0.2) is 4.68 Å². The van der Waals surface area contributed by atoms with Crippen LogP contribution in [0.4, 0.5) is 5.82 Å². The quantitative estimate of drug-likeness (QED) is 0.671. The highest BCUT2D eigenvalue weighted by Crippen LogP contribution is 2.42. The van der Waals surface area contributed by atoms with Crippen molar-refractivity contribution in [1.82, 2.24) is 19.7 Å². The molecule has 5 rings (SSSR count). The van der Waals surface area contributed by atoms with Gasteiger partial charge in [0.05, 0.1) is 23.3 Å². The van der Waals surface area contributed by atoms with Gasteiger partial charge < -0.3 is 9.64 Å². The summed E-state index contributed by atoms with van der Waals surface area (Å²) in [5.41, 5.74) is 3.29. The summed E-state index contributed by atoms with van der Waals surface area (Å²) in [6.07, 6.45) is 3.36. The molecule has 142 valence electrons. The molecule has 27 heavy (non-hydrogen) atoms. The molecule has 0 aliphatic carbocycles. The Bertz CT molecular complexity index is 1030. The molecule has 0 N–H and O–H groups in total. The van der Waals surface area contributed by atoms with Crippen LogP contribution in [0, 0.1) is 13.8 Å². The second kappa shape index (κ2) is 6.01. The first-order valence-corrected chi connectivity index (χ1v) is 10.5. The van der Waals surface area contributed by atoms with Gasteiger partial charge in [-0.05, 0) is 52.2 Å². The van der Waals surface area contributed by atoms with E-state index in [1.54, 1.807) is 11.3 Å². The Morgan fingerprint density at radius 2 is 1.93 bits per heavy atom. The van der Waals surface area contributed by atoms with E-state index in [0.29, 0.717) is 12.6 Å². The zero-order chi connectivity index (χ0) is 18.8. The van der Waals surface area contributed by atoms with E-state index < -0.39 is 0 Å². The fourth-order valence-electron chi connectivity index (χ4n) is 4.20. The van der Waals surface area contributed by atoms with E-state index in [1.165, 1.54) is 28.7 Å². The predicted molar refractivity (Wildman–Crippen MR) is 108 cm³/mol. The molecule has 0 atom stereocenters. The summed E-state index contributed by atoms with van der Waals surface area (Å²) in [6.45, 7) is 11.2. The first kappa shape index (κ1) is 17.1. The van der Waals surface area contributed by atoms with Crippen molar-refractivity contribution >= 4 is 27.4 Å². The lowest BCUT2D eigenvalue weighted by molar-refractivity contribution is -0.0379. The number of anilines is 1. The normalized spacial score (nSPS) is 19.0. The number of hydrogen-bond donors (Lipinski definition) is 0. The Morgan fingerprint density at radius 3 is 2.63 bits per heavy atom. The molecule has 0 unspecified atom stereocenters. The summed E-state index contributed by atoms with van der Waals surface area (Å²) in [7, 11) is 0. The molecule has 5 heterocycles. The summed E-state index contributed by atoms with van der Waals surface area (Å²) in [6, 6.07) is 2.07. The highest BCUT2D eigenvalue weighted by Gasteiger charge is 2.32. The zero-order valence-electron chi connectivity index (χ0n) is 16.4. The van der Waals surface area contributed by atoms with Crippen molar-refractivity contribution in [2.24, 2.45) is 0 Å². The monoisotopic (exact) mass is 383 g/mol. The standard InChI is InChI=1S/C20H25N5OS/c1-12-9-13(2)25(23-12)19-21-17(24-7-5-6-8-24)16-14-10-20(3,4)26-11-15(14)27-18(16)22-19/h9H,5-8,10-11H2,1-4H3. The average molecular weight is 384 g/mol. The fourth-order valence-corrected chi connectivity index (χ4v) is 5.29. The van der Waals surface area contributed by atoms with Crippen LogP contribution in [0.5, 0.6) is 0 Å². The smallest absolute Gasteiger partial charge is 0.254 e. The van der Waals surface area contributed by atoms with Gasteiger partial charge >= 0.3 is 0 Å². The lowest BCUT2D eigenvalue weighted by Crippen LogP contribution is -2.31. The predicted octanol–water partition coefficient (Wildman–Crippen LogP) is 3.95. The molecule has 3 aromatic heterocycles. The molecular weight excluding hydrogens is 358 g/mol. The molecule has 2 aliphatic heterocycles. The molecule has 3 aromatic rings. The van der Waals surface area contributed by atoms with Crippen LogP contribution in [0.15, 0.2) is 6.07 Å². The molecular formula is C20H25N5OS. The van der Waals surface area contributed by atoms with Gasteiger partial charge in [0.1, 0.15) is 10.6 Å². The van der Waals surface area contributed by atoms with E-state index in [1.807, 2.05) is 11.6 Å². The lowest BCUT2D eigenvalue weighted by atomic mass is 9.94. The van der Waals surface area contributed by atoms with Crippen molar-refractivity contribution in [2.45, 2.75) is 59.2 Å². The minimum atomic E-state index is -0.141. The van der Waals surface area contributed by atoms with Crippen molar-refractivity contribution in [3.8, 4) is 5.95 Å². The van der Waals surface area contributed by atoms with E-state index in [9.17, 15) is 0 Å². The van der Waals surface area contributed by atoms with Crippen LogP contribution in [0.3, 0.4) is 0 Å². The van der Waals surface area contributed by atoms with Crippen LogP contribution < -0.4 is 4.90 Å². The van der Waals surface area contributed by atoms with Crippen molar-refractivity contribution in [2.75, 3.05) is 18.0 Å². The van der Waals surface area contributed by atoms with E-state index >= 15 is 0 Å². The zero-order valence-corrected chi connectivity index (χ0v) is 17.2. The number of fused-ring (bicyclic) bond motifs is 3. The molecule has 6 nitrogen and oxygen atoms in total. The summed E-state index contributed by atoms with van der Waals surface area (Å²) < 4.78 is 7.92. The van der Waals surface area contributed by atoms with Gasteiger partial charge in [-0.3, -0.25) is 0 Å². The van der Waals surface area contributed by atoms with Gasteiger partial charge in [0.15, 0.2) is 0 Å². The van der Waals surface area contributed by atoms with E-state index in [0.717, 1.165) is 41.5 Å². The van der Waals surface area contributed by atoms with Gasteiger partial charge in [-0.2, -0.15) is 15.1 Å². The van der Waals surface area contributed by atoms with E-state index in [-0.39, 0.29) is 5.60 Å². The number of hydrogen-bond acceptors (Lipinski definition) is 6. The lowest BCUT2D eigenvalue weighted by Gasteiger charge is -2.30. The van der Waals surface area contributed by atoms with Crippen LogP contribution in [0.25, 0.3) is 16.2 Å². The number of rotatable bonds is 2. The van der Waals surface area contributed by atoms with Gasteiger partial charge in [-0.15, -0.1) is 11.3 Å². The van der Waals surface area contributed by atoms with Gasteiger partial charge in [0, 0.05) is 30.1 Å². The number of nitrogens with zero attached hydrogens (tertiary/aromatic N) is 5. The van der Waals surface area contributed by atoms with Gasteiger partial charge in [0.2, 0.25) is 0 Å². The van der Waals surface area contributed by atoms with Crippen LogP contribution in [0.2, 0.25) is 0 Å². The number of ether oxygens (including phenoxy) is 1. The first-order chi connectivity index (χ1) is 12.9. The summed E-state index contributed by atoms with van der Waals surface area (Å²) in [5.74, 6) is 1.75. The maximum Gasteiger partial charge on any atom is 0.254 e. The number of aryl methyl sites for hydroxylation is 2. The van der Waals surface area contributed by atoms with Gasteiger partial charge in [0.25, 0.3) is 5.95 Å². The second-order valence-electron chi connectivity index (χ2n) is 8.29. The molecule has 1 fully saturated rings. The van der Waals surface area contributed by atoms with Crippen molar-refractivity contribution in [3.05, 3.63) is 27.9 Å². The minimum absolute atomic E-state index is 0.141. The minimum Gasteiger partial charge on any atom is -0.370 e. The molecule has 0 aromatic carbocycles. The molecule has 0 saturated carbocycles. The highest BCUT2D eigenvalue weighted by molar-refractivity contribution is 7.19. The maximum atomic E-state index is 6.06. The van der Waals surface area contributed by atoms with E-state index in [2.05, 4.69) is 36.8 Å². The topological polar surface area (TPSA) is 56.1 Å². The van der Waals surface area contributed by atoms with Crippen molar-refractivity contribution in [3.63, 3.8) is 0 Å². The SMILES string of the molecule is Cc1cc(C)n(-c2nc(N3CCCC3)c3c4c(sc3n2)COC(C)(C)C4)n1. The third kappa shape index (κ3) is 2.84. The summed E-state index contributed by atoms with van der Waals surface area (Å²) >= 11 is 1.75. The number of thiophene rings is 1. The van der Waals surface area contributed by atoms with Crippen molar-refractivity contribution < 1.29 is 4.74 Å². The highest BCUT2D eigenvalue weighted by atomic mass is 32.1. The molecule has 0 radical (unpaired) electrons. The molecule has 0 spiro atoms. The Balaban J connectivity index is 1.75. The van der Waals surface area contributed by atoms with Crippen molar-refractivity contribution in [1.29, 1.82) is 0 Å². The number of aromatic nitrogens is 4. The summed E-state index contributed by atoms with van der Waals surface area (Å²) in [4.78, 5) is 14.7. The van der Waals surface area contributed by atoms with Crippen LogP contribution in [-0.4, -0.2) is 38.4 Å². The Labute approximate surface area is 163 Å². The third-order valence-corrected chi connectivity index (χ3v) is 6.60. The second-order valence-corrected chi connectivity index (χ2v) is 9.37. The molecule has 0 amide bonds. The molecule has 7 heteroatoms. The molecule has 0 bridgehead atoms. The summed E-state index contributed by atoms with van der Waals surface area (Å²) in [5, 5.41) is 5.85. The third-order valence-electron chi connectivity index (χ3n) is 5.50. The van der Waals surface area contributed by atoms with Crippen LogP contribution >= 0.6 is 11.3 Å².